The van der Waals surface area contributed by atoms with Crippen molar-refractivity contribution in [2.75, 3.05) is 25.1 Å². The van der Waals surface area contributed by atoms with Crippen LogP contribution in [0.3, 0.4) is 0 Å². The molecule has 1 aliphatic heterocycles. The molecule has 1 fully saturated rings. The maximum absolute atomic E-state index is 5.77. The smallest absolute Gasteiger partial charge is 0.138 e. The molecule has 0 spiro atoms. The van der Waals surface area contributed by atoms with E-state index < -0.39 is 0 Å². The Hall–Kier alpha value is -1.20. The molecule has 1 atom stereocenters. The Bertz CT molecular complexity index is 458. The Balaban J connectivity index is 2.14. The van der Waals surface area contributed by atoms with Crippen molar-refractivity contribution in [3.05, 3.63) is 23.4 Å². The number of thiocarbonyl (C=S) groups is 1. The third kappa shape index (κ3) is 3.64. The quantitative estimate of drug-likeness (QED) is 0.855. The molecule has 4 nitrogen and oxygen atoms in total. The topological polar surface area (TPSA) is 51.4 Å². The van der Waals surface area contributed by atoms with Crippen molar-refractivity contribution in [2.24, 2.45) is 5.73 Å². The van der Waals surface area contributed by atoms with E-state index in [4.69, 9.17) is 22.7 Å². The minimum absolute atomic E-state index is 0.278. The van der Waals surface area contributed by atoms with Crippen molar-refractivity contribution in [2.45, 2.75) is 32.3 Å². The lowest BCUT2D eigenvalue weighted by atomic mass is 10.1. The molecule has 2 N–H and O–H groups in total. The van der Waals surface area contributed by atoms with E-state index in [2.05, 4.69) is 9.88 Å². The second kappa shape index (κ2) is 6.30. The molecule has 2 heterocycles. The molecular formula is C14H21N3OS. The summed E-state index contributed by atoms with van der Waals surface area (Å²) in [6.45, 7) is 3.66. The van der Waals surface area contributed by atoms with Crippen LogP contribution in [0.15, 0.2) is 12.1 Å². The molecule has 2 rings (SSSR count). The summed E-state index contributed by atoms with van der Waals surface area (Å²) in [6, 6.07) is 3.88. The van der Waals surface area contributed by atoms with Crippen LogP contribution in [-0.4, -0.2) is 36.3 Å². The maximum atomic E-state index is 5.77. The average molecular weight is 279 g/mol. The van der Waals surface area contributed by atoms with Gasteiger partial charge in [0.15, 0.2) is 0 Å². The zero-order valence-electron chi connectivity index (χ0n) is 11.6. The third-order valence-electron chi connectivity index (χ3n) is 3.39. The Kier molecular flexibility index (Phi) is 4.71. The number of aryl methyl sites for hydroxylation is 1. The van der Waals surface area contributed by atoms with E-state index in [0.717, 1.165) is 36.6 Å². The molecule has 1 aromatic heterocycles. The van der Waals surface area contributed by atoms with E-state index in [1.54, 1.807) is 0 Å². The molecule has 0 radical (unpaired) electrons. The first-order valence-corrected chi connectivity index (χ1v) is 7.09. The fourth-order valence-corrected chi connectivity index (χ4v) is 2.53. The maximum Gasteiger partial charge on any atom is 0.138 e. The van der Waals surface area contributed by atoms with Gasteiger partial charge in [-0.2, -0.15) is 0 Å². The molecule has 19 heavy (non-hydrogen) atoms. The molecule has 1 saturated heterocycles. The number of likely N-dealkylation sites (N-methyl/N-ethyl adjacent to an activating group) is 1. The van der Waals surface area contributed by atoms with Gasteiger partial charge in [-0.05, 0) is 38.3 Å². The van der Waals surface area contributed by atoms with Crippen molar-refractivity contribution >= 4 is 23.0 Å². The zero-order valence-corrected chi connectivity index (χ0v) is 12.4. The molecule has 0 saturated carbocycles. The Labute approximate surface area is 120 Å². The molecule has 0 bridgehead atoms. The second-order valence-corrected chi connectivity index (χ2v) is 5.50. The van der Waals surface area contributed by atoms with E-state index in [1.165, 1.54) is 12.8 Å². The van der Waals surface area contributed by atoms with Gasteiger partial charge in [-0.15, -0.1) is 0 Å². The fourth-order valence-electron chi connectivity index (χ4n) is 2.37. The van der Waals surface area contributed by atoms with Crippen LogP contribution in [0.1, 0.15) is 30.5 Å². The van der Waals surface area contributed by atoms with Crippen LogP contribution in [0.25, 0.3) is 0 Å². The summed E-state index contributed by atoms with van der Waals surface area (Å²) in [5.41, 5.74) is 7.57. The lowest BCUT2D eigenvalue weighted by Gasteiger charge is -2.29. The number of nitrogens with zero attached hydrogens (tertiary/aromatic N) is 2. The number of aromatic nitrogens is 1. The van der Waals surface area contributed by atoms with Crippen molar-refractivity contribution in [3.63, 3.8) is 0 Å². The number of rotatable bonds is 4. The number of hydrogen-bond acceptors (Lipinski definition) is 4. The number of pyridine rings is 1. The van der Waals surface area contributed by atoms with Crippen LogP contribution >= 0.6 is 12.2 Å². The van der Waals surface area contributed by atoms with Gasteiger partial charge in [0.05, 0.1) is 11.7 Å². The summed E-state index contributed by atoms with van der Waals surface area (Å²) < 4.78 is 5.77. The molecule has 1 unspecified atom stereocenters. The first kappa shape index (κ1) is 14.2. The largest absolute Gasteiger partial charge is 0.389 e. The number of ether oxygens (including phenoxy) is 1. The van der Waals surface area contributed by atoms with Crippen LogP contribution in [0.2, 0.25) is 0 Å². The van der Waals surface area contributed by atoms with Crippen molar-refractivity contribution in [3.8, 4) is 0 Å². The normalized spacial score (nSPS) is 19.2. The SMILES string of the molecule is Cc1ccc(C(N)=S)c(N(C)CC2CCCCO2)n1. The molecule has 104 valence electrons. The van der Waals surface area contributed by atoms with Gasteiger partial charge in [0, 0.05) is 25.9 Å². The highest BCUT2D eigenvalue weighted by atomic mass is 32.1. The Morgan fingerprint density at radius 3 is 2.95 bits per heavy atom. The van der Waals surface area contributed by atoms with Crippen LogP contribution < -0.4 is 10.6 Å². The van der Waals surface area contributed by atoms with E-state index in [0.29, 0.717) is 4.99 Å². The van der Waals surface area contributed by atoms with Crippen LogP contribution in [-0.2, 0) is 4.74 Å². The monoisotopic (exact) mass is 279 g/mol. The van der Waals surface area contributed by atoms with Crippen molar-refractivity contribution in [1.82, 2.24) is 4.98 Å². The fraction of sp³-hybridized carbons (Fsp3) is 0.571. The number of nitrogens with two attached hydrogens (primary N) is 1. The van der Waals surface area contributed by atoms with Gasteiger partial charge < -0.3 is 15.4 Å². The second-order valence-electron chi connectivity index (χ2n) is 5.06. The van der Waals surface area contributed by atoms with Crippen molar-refractivity contribution in [1.29, 1.82) is 0 Å². The summed E-state index contributed by atoms with van der Waals surface area (Å²) in [6.07, 6.45) is 3.79. The van der Waals surface area contributed by atoms with E-state index in [1.807, 2.05) is 26.1 Å². The summed E-state index contributed by atoms with van der Waals surface area (Å²) in [5.74, 6) is 0.849. The third-order valence-corrected chi connectivity index (χ3v) is 3.61. The molecule has 1 aromatic rings. The van der Waals surface area contributed by atoms with Crippen LogP contribution in [0.5, 0.6) is 0 Å². The first-order valence-electron chi connectivity index (χ1n) is 6.68. The van der Waals surface area contributed by atoms with Crippen LogP contribution in [0, 0.1) is 6.92 Å². The summed E-state index contributed by atoms with van der Waals surface area (Å²) in [4.78, 5) is 7.05. The molecule has 0 aromatic carbocycles. The number of hydrogen-bond donors (Lipinski definition) is 1. The van der Waals surface area contributed by atoms with E-state index >= 15 is 0 Å². The first-order chi connectivity index (χ1) is 9.08. The van der Waals surface area contributed by atoms with Crippen molar-refractivity contribution < 1.29 is 4.74 Å². The van der Waals surface area contributed by atoms with Gasteiger partial charge in [-0.3, -0.25) is 0 Å². The van der Waals surface area contributed by atoms with Gasteiger partial charge in [-0.25, -0.2) is 4.98 Å². The van der Waals surface area contributed by atoms with Gasteiger partial charge >= 0.3 is 0 Å². The summed E-state index contributed by atoms with van der Waals surface area (Å²) in [5, 5.41) is 0. The Morgan fingerprint density at radius 1 is 1.53 bits per heavy atom. The zero-order chi connectivity index (χ0) is 13.8. The van der Waals surface area contributed by atoms with E-state index in [9.17, 15) is 0 Å². The predicted molar refractivity (Wildman–Crippen MR) is 81.7 cm³/mol. The molecule has 1 aliphatic rings. The Morgan fingerprint density at radius 2 is 2.32 bits per heavy atom. The molecule has 0 aliphatic carbocycles. The van der Waals surface area contributed by atoms with Gasteiger partial charge in [0.25, 0.3) is 0 Å². The summed E-state index contributed by atoms with van der Waals surface area (Å²) in [7, 11) is 2.02. The summed E-state index contributed by atoms with van der Waals surface area (Å²) >= 11 is 5.10. The van der Waals surface area contributed by atoms with Gasteiger partial charge in [0.1, 0.15) is 10.8 Å². The van der Waals surface area contributed by atoms with Gasteiger partial charge in [0.2, 0.25) is 0 Å². The average Bonchev–Trinajstić information content (AvgIpc) is 2.39. The molecule has 0 amide bonds. The highest BCUT2D eigenvalue weighted by molar-refractivity contribution is 7.80. The predicted octanol–water partition coefficient (Wildman–Crippen LogP) is 2.03. The van der Waals surface area contributed by atoms with Gasteiger partial charge in [-0.1, -0.05) is 12.2 Å². The standard InChI is InChI=1S/C14H21N3OS/c1-10-6-7-12(13(15)19)14(16-10)17(2)9-11-5-3-4-8-18-11/h6-7,11H,3-5,8-9H2,1-2H3,(H2,15,19). The van der Waals surface area contributed by atoms with E-state index in [-0.39, 0.29) is 6.10 Å². The lowest BCUT2D eigenvalue weighted by molar-refractivity contribution is 0.0215. The highest BCUT2D eigenvalue weighted by Crippen LogP contribution is 2.20. The minimum atomic E-state index is 0.278. The highest BCUT2D eigenvalue weighted by Gasteiger charge is 2.19. The molecule has 5 heteroatoms. The number of anilines is 1. The van der Waals surface area contributed by atoms with Crippen LogP contribution in [0.4, 0.5) is 5.82 Å². The molecular weight excluding hydrogens is 258 g/mol. The lowest BCUT2D eigenvalue weighted by Crippen LogP contribution is -2.35. The minimum Gasteiger partial charge on any atom is -0.389 e.